The molecule has 0 radical (unpaired) electrons. The zero-order valence-electron chi connectivity index (χ0n) is 12.9. The fourth-order valence-corrected chi connectivity index (χ4v) is 3.86. The number of halogens is 1. The number of aryl methyl sites for hydroxylation is 1. The Hall–Kier alpha value is -0.680. The van der Waals surface area contributed by atoms with Crippen molar-refractivity contribution in [2.45, 2.75) is 39.0 Å². The zero-order valence-corrected chi connectivity index (χ0v) is 14.5. The van der Waals surface area contributed by atoms with E-state index >= 15 is 0 Å². The molecule has 3 rings (SSSR count). The van der Waals surface area contributed by atoms with Crippen LogP contribution in [0.5, 0.6) is 0 Å². The van der Waals surface area contributed by atoms with E-state index in [0.29, 0.717) is 0 Å². The van der Waals surface area contributed by atoms with Gasteiger partial charge in [-0.05, 0) is 60.6 Å². The van der Waals surface area contributed by atoms with E-state index < -0.39 is 0 Å². The van der Waals surface area contributed by atoms with Crippen LogP contribution in [0.15, 0.2) is 10.7 Å². The van der Waals surface area contributed by atoms with Gasteiger partial charge in [-0.3, -0.25) is 0 Å². The largest absolute Gasteiger partial charge is 0.356 e. The molecule has 0 atom stereocenters. The minimum atomic E-state index is 0.871. The molecule has 0 amide bonds. The van der Waals surface area contributed by atoms with Gasteiger partial charge in [0.2, 0.25) is 0 Å². The third kappa shape index (κ3) is 3.95. The monoisotopic (exact) mass is 352 g/mol. The van der Waals surface area contributed by atoms with Crippen molar-refractivity contribution in [2.24, 2.45) is 5.92 Å². The average molecular weight is 353 g/mol. The summed E-state index contributed by atoms with van der Waals surface area (Å²) in [6, 6.07) is 2.06. The molecule has 2 aliphatic rings. The molecular formula is C16H25BrN4. The van der Waals surface area contributed by atoms with Crippen molar-refractivity contribution in [2.75, 3.05) is 37.6 Å². The van der Waals surface area contributed by atoms with Gasteiger partial charge in [0.25, 0.3) is 0 Å². The number of rotatable bonds is 4. The summed E-state index contributed by atoms with van der Waals surface area (Å²) in [5, 5.41) is 0. The van der Waals surface area contributed by atoms with Gasteiger partial charge in [-0.2, -0.15) is 0 Å². The third-order valence-corrected chi connectivity index (χ3v) is 5.10. The summed E-state index contributed by atoms with van der Waals surface area (Å²) in [6.07, 6.45) is 6.26. The van der Waals surface area contributed by atoms with Gasteiger partial charge in [0.05, 0.1) is 0 Å². The van der Waals surface area contributed by atoms with Gasteiger partial charge in [-0.25, -0.2) is 9.97 Å². The van der Waals surface area contributed by atoms with Crippen molar-refractivity contribution in [3.63, 3.8) is 0 Å². The lowest BCUT2D eigenvalue weighted by Crippen LogP contribution is -2.38. The third-order valence-electron chi connectivity index (χ3n) is 4.70. The highest BCUT2D eigenvalue weighted by Gasteiger charge is 2.23. The Kier molecular flexibility index (Phi) is 5.11. The van der Waals surface area contributed by atoms with Gasteiger partial charge in [-0.15, -0.1) is 0 Å². The fraction of sp³-hybridized carbons (Fsp3) is 0.750. The summed E-state index contributed by atoms with van der Waals surface area (Å²) >= 11 is 3.51. The molecule has 0 unspecified atom stereocenters. The van der Waals surface area contributed by atoms with E-state index in [0.717, 1.165) is 41.7 Å². The van der Waals surface area contributed by atoms with E-state index in [-0.39, 0.29) is 0 Å². The molecule has 0 aliphatic carbocycles. The normalized spacial score (nSPS) is 21.1. The van der Waals surface area contributed by atoms with E-state index in [1.54, 1.807) is 0 Å². The molecule has 2 saturated heterocycles. The van der Waals surface area contributed by atoms with Crippen LogP contribution < -0.4 is 4.90 Å². The molecule has 0 bridgehead atoms. The van der Waals surface area contributed by atoms with E-state index in [4.69, 9.17) is 0 Å². The lowest BCUT2D eigenvalue weighted by atomic mass is 9.96. The summed E-state index contributed by atoms with van der Waals surface area (Å²) in [5.74, 6) is 2.89. The Balaban J connectivity index is 1.56. The van der Waals surface area contributed by atoms with Crippen molar-refractivity contribution in [3.8, 4) is 0 Å². The van der Waals surface area contributed by atoms with E-state index in [1.807, 2.05) is 0 Å². The minimum Gasteiger partial charge on any atom is -0.356 e. The summed E-state index contributed by atoms with van der Waals surface area (Å²) in [4.78, 5) is 14.2. The standard InChI is InChI=1S/C16H25BrN4/c1-2-15-18-14(17)11-16(19-15)21-9-5-13(6-10-21)12-20-7-3-4-8-20/h11,13H,2-10,12H2,1H3. The topological polar surface area (TPSA) is 32.3 Å². The first kappa shape index (κ1) is 15.2. The molecule has 1 aromatic heterocycles. The van der Waals surface area contributed by atoms with Crippen LogP contribution in [0.25, 0.3) is 0 Å². The lowest BCUT2D eigenvalue weighted by Gasteiger charge is -2.34. The second-order valence-electron chi connectivity index (χ2n) is 6.26. The summed E-state index contributed by atoms with van der Waals surface area (Å²) in [5.41, 5.74) is 0. The molecule has 3 heterocycles. The first-order valence-electron chi connectivity index (χ1n) is 8.25. The van der Waals surface area contributed by atoms with E-state index in [9.17, 15) is 0 Å². The van der Waals surface area contributed by atoms with Crippen LogP contribution in [0, 0.1) is 5.92 Å². The maximum atomic E-state index is 4.68. The second kappa shape index (κ2) is 7.05. The molecule has 0 saturated carbocycles. The van der Waals surface area contributed by atoms with E-state index in [1.165, 1.54) is 45.3 Å². The van der Waals surface area contributed by atoms with Crippen LogP contribution in [0.1, 0.15) is 38.4 Å². The van der Waals surface area contributed by atoms with Crippen LogP contribution in [0.3, 0.4) is 0 Å². The molecule has 0 aromatic carbocycles. The smallest absolute Gasteiger partial charge is 0.133 e. The van der Waals surface area contributed by atoms with Gasteiger partial charge in [0, 0.05) is 32.1 Å². The molecule has 116 valence electrons. The Morgan fingerprint density at radius 2 is 1.86 bits per heavy atom. The second-order valence-corrected chi connectivity index (χ2v) is 7.07. The first-order chi connectivity index (χ1) is 10.2. The maximum Gasteiger partial charge on any atom is 0.133 e. The number of piperidine rings is 1. The van der Waals surface area contributed by atoms with Crippen LogP contribution >= 0.6 is 15.9 Å². The van der Waals surface area contributed by atoms with Crippen LogP contribution in [0.4, 0.5) is 5.82 Å². The van der Waals surface area contributed by atoms with Crippen molar-refractivity contribution < 1.29 is 0 Å². The molecular weight excluding hydrogens is 328 g/mol. The predicted molar refractivity (Wildman–Crippen MR) is 89.7 cm³/mol. The van der Waals surface area contributed by atoms with Crippen molar-refractivity contribution in [3.05, 3.63) is 16.5 Å². The van der Waals surface area contributed by atoms with Crippen molar-refractivity contribution in [1.29, 1.82) is 0 Å². The highest BCUT2D eigenvalue weighted by atomic mass is 79.9. The summed E-state index contributed by atoms with van der Waals surface area (Å²) in [7, 11) is 0. The molecule has 2 fully saturated rings. The molecule has 0 spiro atoms. The molecule has 4 nitrogen and oxygen atoms in total. The molecule has 2 aliphatic heterocycles. The highest BCUT2D eigenvalue weighted by molar-refractivity contribution is 9.10. The first-order valence-corrected chi connectivity index (χ1v) is 9.04. The van der Waals surface area contributed by atoms with Gasteiger partial charge in [0.1, 0.15) is 16.2 Å². The number of hydrogen-bond donors (Lipinski definition) is 0. The Labute approximate surface area is 136 Å². The Morgan fingerprint density at radius 3 is 2.52 bits per heavy atom. The predicted octanol–water partition coefficient (Wildman–Crippen LogP) is 3.11. The molecule has 5 heteroatoms. The molecule has 21 heavy (non-hydrogen) atoms. The number of nitrogens with zero attached hydrogens (tertiary/aromatic N) is 4. The van der Waals surface area contributed by atoms with Crippen LogP contribution in [-0.4, -0.2) is 47.6 Å². The number of aromatic nitrogens is 2. The molecule has 1 aromatic rings. The van der Waals surface area contributed by atoms with Gasteiger partial charge < -0.3 is 9.80 Å². The van der Waals surface area contributed by atoms with E-state index in [2.05, 4.69) is 48.7 Å². The van der Waals surface area contributed by atoms with Crippen LogP contribution in [-0.2, 0) is 6.42 Å². The van der Waals surface area contributed by atoms with Crippen LogP contribution in [0.2, 0.25) is 0 Å². The zero-order chi connectivity index (χ0) is 14.7. The van der Waals surface area contributed by atoms with Crippen molar-refractivity contribution in [1.82, 2.24) is 14.9 Å². The lowest BCUT2D eigenvalue weighted by molar-refractivity contribution is 0.249. The average Bonchev–Trinajstić information content (AvgIpc) is 3.00. The number of likely N-dealkylation sites (tertiary alicyclic amines) is 1. The minimum absolute atomic E-state index is 0.871. The number of hydrogen-bond acceptors (Lipinski definition) is 4. The molecule has 0 N–H and O–H groups in total. The summed E-state index contributed by atoms with van der Waals surface area (Å²) in [6.45, 7) is 8.31. The van der Waals surface area contributed by atoms with Crippen molar-refractivity contribution >= 4 is 21.7 Å². The summed E-state index contributed by atoms with van der Waals surface area (Å²) < 4.78 is 0.906. The maximum absolute atomic E-state index is 4.68. The fourth-order valence-electron chi connectivity index (χ4n) is 3.45. The number of anilines is 1. The Bertz CT molecular complexity index is 465. The van der Waals surface area contributed by atoms with Gasteiger partial charge in [-0.1, -0.05) is 6.92 Å². The van der Waals surface area contributed by atoms with Gasteiger partial charge >= 0.3 is 0 Å². The Morgan fingerprint density at radius 1 is 1.14 bits per heavy atom. The quantitative estimate of drug-likeness (QED) is 0.779. The van der Waals surface area contributed by atoms with Gasteiger partial charge in [0.15, 0.2) is 0 Å². The highest BCUT2D eigenvalue weighted by Crippen LogP contribution is 2.25. The SMILES string of the molecule is CCc1nc(Br)cc(N2CCC(CN3CCCC3)CC2)n1.